The van der Waals surface area contributed by atoms with Gasteiger partial charge in [-0.2, -0.15) is 0 Å². The largest absolute Gasteiger partial charge is 0.444 e. The van der Waals surface area contributed by atoms with Crippen LogP contribution in [-0.4, -0.2) is 233 Å². The molecule has 37 heteroatoms. The number of aromatic nitrogens is 8. The van der Waals surface area contributed by atoms with Crippen molar-refractivity contribution in [3.8, 4) is 0 Å². The SMILES string of the molecule is CC(C)(C)OC(=O)N1[C@@H]2CC[C@H]1CNC2.Cl.Cn1c(=O)n(C2CCC(=O)NC2=O)c2cccc(CCCC=O)c21.Cn1c(=O)n(C2CCC(=O)NC2=O)c2cccc(CCCCN3C[C@H]4CC[C@@H](C3)N4)c21.Cn1c(=O)n(C2CCC(=O)NC2=O)c2cccc(CCCCN3C[C@H]4CC[C@@H](C3)N4C(=O)OC(C)(C)C)c21.Cn1c(=O)n(C2CCC(=O)NC2=O)c2cccc(CCCCO)c21. The Labute approximate surface area is 777 Å². The van der Waals surface area contributed by atoms with Crippen LogP contribution in [0.3, 0.4) is 0 Å². The van der Waals surface area contributed by atoms with Crippen LogP contribution < -0.4 is 54.7 Å². The van der Waals surface area contributed by atoms with Crippen molar-refractivity contribution in [3.63, 3.8) is 0 Å². The number of piperazine rings is 3. The Morgan fingerprint density at radius 3 is 0.985 bits per heavy atom. The molecular weight excluding hydrogens is 1730 g/mol. The maximum atomic E-state index is 13.1. The number of nitrogens with one attached hydrogen (secondary N) is 6. The van der Waals surface area contributed by atoms with Crippen molar-refractivity contribution in [2.45, 2.75) is 280 Å². The lowest BCUT2D eigenvalue weighted by Gasteiger charge is -2.41. The normalized spacial score (nSPS) is 23.1. The number of likely N-dealkylation sites (tertiary alicyclic amines) is 2. The lowest BCUT2D eigenvalue weighted by Crippen LogP contribution is -2.56. The summed E-state index contributed by atoms with van der Waals surface area (Å²) in [5.74, 6) is -2.83. The molecule has 7 N–H and O–H groups in total. The number of ether oxygens (including phenoxy) is 2. The predicted molar refractivity (Wildman–Crippen MR) is 502 cm³/mol. The Bertz CT molecular complexity index is 5910. The molecule has 10 amide bonds. The van der Waals surface area contributed by atoms with Crippen LogP contribution in [0.4, 0.5) is 9.59 Å². The van der Waals surface area contributed by atoms with Crippen LogP contribution in [0.1, 0.15) is 229 Å². The molecule has 6 bridgehead atoms. The van der Waals surface area contributed by atoms with Gasteiger partial charge in [-0.1, -0.05) is 48.5 Å². The highest BCUT2D eigenvalue weighted by molar-refractivity contribution is 6.03. The van der Waals surface area contributed by atoms with Gasteiger partial charge in [0, 0.05) is 142 Å². The number of imidazole rings is 4. The standard InChI is InChI=1S/C28H39N5O5.C23H31N5O3.C17H21N3O4.C17H19N3O4.C11H20N2O2.ClH/c1-28(2,3)38-27(37)32-19-11-12-20(32)17-31(16-19)15-6-5-8-18-9-7-10-21-24(18)30(4)26(36)33(21)22-13-14-23(34)29-25(22)35;1-26-21-15(5-2-3-12-27-13-16-8-9-17(14-27)24-16)6-4-7-18(21)28(23(26)31)19-10-11-20(29)25-22(19)30;2*1-19-15-11(5-2-3-10-21)6-4-7-12(15)20(17(19)24)13-8-9-14(22)18-16(13)23;1-11(2,3)15-10(14)13-8-4-5-9(13)7-12-6-8;/h7,9-10,19-20,22H,5-6,8,11-17H2,1-4H3,(H,29,34,35);4,6-7,16-17,19,24H,2-3,5,8-14H2,1H3,(H,25,29,30);4,6-7,13,21H,2-3,5,8-10H2,1H3,(H,18,22,23);4,6-7,10,13H,2-3,5,8-9H2,1H3,(H,18,22,23);8-9,12H,4-7H2,1-3H3;1H/t19-,20+,22?;16-,17+,19?;;;8-,9+;. The van der Waals surface area contributed by atoms with E-state index in [1.165, 1.54) is 26.5 Å². The number of carbonyl (C=O) groups is 11. The summed E-state index contributed by atoms with van der Waals surface area (Å²) in [5, 5.41) is 25.3. The van der Waals surface area contributed by atoms with E-state index >= 15 is 0 Å². The summed E-state index contributed by atoms with van der Waals surface area (Å²) >= 11 is 0. The Morgan fingerprint density at radius 2 is 0.684 bits per heavy atom. The number of carbonyl (C=O) groups excluding carboxylic acids is 11. The predicted octanol–water partition coefficient (Wildman–Crippen LogP) is 7.05. The van der Waals surface area contributed by atoms with Gasteiger partial charge < -0.3 is 34.9 Å². The van der Waals surface area contributed by atoms with E-state index in [1.807, 2.05) is 112 Å². The van der Waals surface area contributed by atoms with E-state index in [1.54, 1.807) is 51.0 Å². The molecule has 10 aliphatic rings. The molecule has 18 rings (SSSR count). The molecule has 0 saturated carbocycles. The summed E-state index contributed by atoms with van der Waals surface area (Å²) in [6.07, 6.45) is 19.8. The van der Waals surface area contributed by atoms with Gasteiger partial charge in [-0.15, -0.1) is 12.4 Å². The van der Waals surface area contributed by atoms with Crippen LogP contribution in [-0.2, 0) is 106 Å². The third-order valence-electron chi connectivity index (χ3n) is 27.2. The maximum absolute atomic E-state index is 13.1. The number of para-hydroxylation sites is 4. The Morgan fingerprint density at radius 1 is 0.391 bits per heavy atom. The number of aryl methyl sites for hydroxylation is 8. The van der Waals surface area contributed by atoms with Crippen LogP contribution in [0, 0.1) is 0 Å². The molecule has 10 fully saturated rings. The van der Waals surface area contributed by atoms with Crippen LogP contribution in [0.25, 0.3) is 44.1 Å². The van der Waals surface area contributed by atoms with Crippen molar-refractivity contribution in [2.24, 2.45) is 28.2 Å². The molecule has 0 spiro atoms. The summed E-state index contributed by atoms with van der Waals surface area (Å²) in [6.45, 7) is 19.6. The topological polar surface area (TPSA) is 419 Å². The number of piperidine rings is 4. The van der Waals surface area contributed by atoms with E-state index in [2.05, 4.69) is 53.8 Å². The summed E-state index contributed by atoms with van der Waals surface area (Å²) in [4.78, 5) is 191. The van der Waals surface area contributed by atoms with Crippen LogP contribution in [0.2, 0.25) is 0 Å². The number of benzene rings is 4. The minimum absolute atomic E-state index is 0. The smallest absolute Gasteiger partial charge is 0.410 e. The van der Waals surface area contributed by atoms with Crippen molar-refractivity contribution < 1.29 is 67.3 Å². The molecule has 36 nitrogen and oxygen atoms in total. The van der Waals surface area contributed by atoms with Gasteiger partial charge in [-0.3, -0.25) is 111 Å². The van der Waals surface area contributed by atoms with Gasteiger partial charge in [-0.25, -0.2) is 28.8 Å². The fourth-order valence-electron chi connectivity index (χ4n) is 21.2. The van der Waals surface area contributed by atoms with Crippen LogP contribution in [0.15, 0.2) is 92.0 Å². The van der Waals surface area contributed by atoms with Crippen molar-refractivity contribution in [1.82, 2.24) is 88.0 Å². The highest BCUT2D eigenvalue weighted by Crippen LogP contribution is 2.36. The second-order valence-corrected chi connectivity index (χ2v) is 38.9. The number of aliphatic hydroxyl groups excluding tert-OH is 1. The minimum atomic E-state index is -0.677. The molecule has 720 valence electrons. The van der Waals surface area contributed by atoms with E-state index in [-0.39, 0.29) is 127 Å². The molecular formula is C96H131ClN18O18. The van der Waals surface area contributed by atoms with Crippen LogP contribution in [0.5, 0.6) is 0 Å². The van der Waals surface area contributed by atoms with Crippen LogP contribution >= 0.6 is 12.4 Å². The van der Waals surface area contributed by atoms with E-state index in [0.717, 1.165) is 191 Å². The molecule has 0 radical (unpaired) electrons. The molecule has 4 aromatic carbocycles. The van der Waals surface area contributed by atoms with Gasteiger partial charge in [0.15, 0.2) is 0 Å². The minimum Gasteiger partial charge on any atom is -0.444 e. The van der Waals surface area contributed by atoms with Gasteiger partial charge in [0.1, 0.15) is 41.7 Å². The number of aldehydes is 1. The first-order valence-electron chi connectivity index (χ1n) is 47.2. The number of imide groups is 4. The van der Waals surface area contributed by atoms with Gasteiger partial charge in [0.25, 0.3) is 0 Å². The molecule has 0 aliphatic carbocycles. The highest BCUT2D eigenvalue weighted by atomic mass is 35.5. The lowest BCUT2D eigenvalue weighted by molar-refractivity contribution is -0.137. The highest BCUT2D eigenvalue weighted by Gasteiger charge is 2.46. The molecule has 8 aromatic rings. The molecule has 4 unspecified atom stereocenters. The number of aliphatic hydroxyl groups is 1. The van der Waals surface area contributed by atoms with Crippen molar-refractivity contribution in [1.29, 1.82) is 0 Å². The average molecular weight is 1860 g/mol. The number of fused-ring (bicyclic) bond motifs is 10. The van der Waals surface area contributed by atoms with Crippen molar-refractivity contribution in [2.75, 3.05) is 59.0 Å². The summed E-state index contributed by atoms with van der Waals surface area (Å²) in [7, 11) is 6.89. The van der Waals surface area contributed by atoms with E-state index in [4.69, 9.17) is 14.6 Å². The molecule has 14 heterocycles. The van der Waals surface area contributed by atoms with E-state index in [0.29, 0.717) is 86.6 Å². The zero-order valence-corrected chi connectivity index (χ0v) is 79.0. The molecule has 10 saturated heterocycles. The second-order valence-electron chi connectivity index (χ2n) is 38.9. The first kappa shape index (κ1) is 99.3. The van der Waals surface area contributed by atoms with E-state index in [9.17, 15) is 71.9 Å². The number of halogens is 1. The van der Waals surface area contributed by atoms with Crippen molar-refractivity contribution >= 4 is 122 Å². The Balaban J connectivity index is 0.000000145. The monoisotopic (exact) mass is 1860 g/mol. The van der Waals surface area contributed by atoms with Crippen molar-refractivity contribution in [3.05, 3.63) is 137 Å². The zero-order valence-electron chi connectivity index (χ0n) is 78.2. The Kier molecular flexibility index (Phi) is 32.1. The second kappa shape index (κ2) is 43.0. The summed E-state index contributed by atoms with van der Waals surface area (Å²) in [5.41, 5.74) is 8.62. The first-order valence-corrected chi connectivity index (χ1v) is 47.2. The quantitative estimate of drug-likeness (QED) is 0.0203. The van der Waals surface area contributed by atoms with Gasteiger partial charge in [-0.05, 0) is 236 Å². The summed E-state index contributed by atoms with van der Waals surface area (Å²) in [6, 6.07) is 22.9. The van der Waals surface area contributed by atoms with E-state index < -0.39 is 47.5 Å². The molecule has 10 aliphatic heterocycles. The number of hydrogen-bond donors (Lipinski definition) is 7. The number of rotatable bonds is 22. The van der Waals surface area contributed by atoms with Gasteiger partial charge in [0.2, 0.25) is 47.3 Å². The van der Waals surface area contributed by atoms with Gasteiger partial charge in [0.05, 0.1) is 44.1 Å². The Hall–Kier alpha value is -11.2. The number of amides is 10. The zero-order chi connectivity index (χ0) is 94.3. The number of nitrogens with zero attached hydrogens (tertiary/aromatic N) is 12. The third kappa shape index (κ3) is 22.4. The molecule has 133 heavy (non-hydrogen) atoms. The fourth-order valence-corrected chi connectivity index (χ4v) is 21.2. The average Bonchev–Trinajstić information content (AvgIpc) is 1.61. The summed E-state index contributed by atoms with van der Waals surface area (Å²) < 4.78 is 23.5. The van der Waals surface area contributed by atoms with Gasteiger partial charge >= 0.3 is 34.9 Å². The lowest BCUT2D eigenvalue weighted by atomic mass is 10.0. The maximum Gasteiger partial charge on any atom is 0.410 e. The fraction of sp³-hybridized carbons (Fsp3) is 0.594. The third-order valence-corrected chi connectivity index (χ3v) is 27.2. The number of unbranched alkanes of at least 4 members (excludes halogenated alkanes) is 4. The number of hydrogen-bond acceptors (Lipinski definition) is 22. The first-order chi connectivity index (χ1) is 63.1. The molecule has 10 atom stereocenters. The molecule has 4 aromatic heterocycles.